The molecule has 0 aromatic carbocycles. The molecule has 0 bridgehead atoms. The number of nitrogens with zero attached hydrogens (tertiary/aromatic N) is 3. The van der Waals surface area contributed by atoms with Crippen molar-refractivity contribution in [3.63, 3.8) is 0 Å². The Bertz CT molecular complexity index is 626. The second kappa shape index (κ2) is 6.95. The van der Waals surface area contributed by atoms with E-state index in [1.807, 2.05) is 42.0 Å². The summed E-state index contributed by atoms with van der Waals surface area (Å²) in [5.41, 5.74) is 2.74. The van der Waals surface area contributed by atoms with Gasteiger partial charge in [0.25, 0.3) is 5.91 Å². The first kappa shape index (κ1) is 15.9. The van der Waals surface area contributed by atoms with E-state index in [9.17, 15) is 9.90 Å². The highest BCUT2D eigenvalue weighted by molar-refractivity contribution is 7.98. The second-order valence-corrected chi connectivity index (χ2v) is 6.05. The van der Waals surface area contributed by atoms with Gasteiger partial charge >= 0.3 is 0 Å². The fourth-order valence-corrected chi connectivity index (χ4v) is 2.72. The summed E-state index contributed by atoms with van der Waals surface area (Å²) in [5, 5.41) is 9.90. The summed E-state index contributed by atoms with van der Waals surface area (Å²) in [4.78, 5) is 18.2. The van der Waals surface area contributed by atoms with E-state index in [4.69, 9.17) is 0 Å². The van der Waals surface area contributed by atoms with Gasteiger partial charge in [-0.2, -0.15) is 11.8 Å². The summed E-state index contributed by atoms with van der Waals surface area (Å²) >= 11 is 1.62. The molecule has 1 amide bonds. The third-order valence-electron chi connectivity index (χ3n) is 3.47. The molecule has 0 saturated carbocycles. The van der Waals surface area contributed by atoms with Crippen molar-refractivity contribution in [1.82, 2.24) is 14.3 Å². The molecule has 2 heterocycles. The fourth-order valence-electron chi connectivity index (χ4n) is 2.26. The van der Waals surface area contributed by atoms with E-state index in [-0.39, 0.29) is 5.91 Å². The van der Waals surface area contributed by atoms with Crippen molar-refractivity contribution in [2.45, 2.75) is 26.0 Å². The zero-order valence-electron chi connectivity index (χ0n) is 12.6. The Labute approximate surface area is 129 Å². The molecule has 1 N–H and O–H groups in total. The van der Waals surface area contributed by atoms with Crippen molar-refractivity contribution in [2.24, 2.45) is 0 Å². The molecule has 1 atom stereocenters. The molecule has 114 valence electrons. The number of rotatable bonds is 6. The lowest BCUT2D eigenvalue weighted by atomic mass is 10.2. The van der Waals surface area contributed by atoms with Crippen LogP contribution in [0, 0.1) is 6.92 Å². The number of carbonyl (C=O) groups is 1. The van der Waals surface area contributed by atoms with Crippen molar-refractivity contribution in [2.75, 3.05) is 19.1 Å². The Morgan fingerprint density at radius 1 is 1.52 bits per heavy atom. The lowest BCUT2D eigenvalue weighted by Gasteiger charge is -2.20. The predicted octanol–water partition coefficient (Wildman–Crippen LogP) is 1.72. The number of hydrogen-bond donors (Lipinski definition) is 1. The number of amides is 1. The number of thioether (sulfide) groups is 1. The number of aromatic nitrogens is 2. The molecule has 0 fully saturated rings. The molecule has 0 saturated heterocycles. The minimum atomic E-state index is -0.929. The van der Waals surface area contributed by atoms with Crippen LogP contribution < -0.4 is 0 Å². The Kier molecular flexibility index (Phi) is 5.25. The zero-order chi connectivity index (χ0) is 15.4. The number of imidazole rings is 1. The standard InChI is InChI=1S/C15H21N3O2S/c1-11-12(18-8-5-4-6-14(18)16-11)10-17(2)15(20)13(19)7-9-21-3/h4-6,8,13,19H,7,9-10H2,1-3H3. The van der Waals surface area contributed by atoms with E-state index in [0.29, 0.717) is 13.0 Å². The second-order valence-electron chi connectivity index (χ2n) is 5.06. The normalized spacial score (nSPS) is 12.6. The maximum Gasteiger partial charge on any atom is 0.251 e. The molecular formula is C15H21N3O2S. The van der Waals surface area contributed by atoms with Gasteiger partial charge < -0.3 is 14.4 Å². The van der Waals surface area contributed by atoms with Gasteiger partial charge in [-0.15, -0.1) is 0 Å². The molecule has 2 aromatic rings. The van der Waals surface area contributed by atoms with Crippen molar-refractivity contribution in [3.05, 3.63) is 35.8 Å². The summed E-state index contributed by atoms with van der Waals surface area (Å²) < 4.78 is 1.98. The summed E-state index contributed by atoms with van der Waals surface area (Å²) in [7, 11) is 1.71. The molecular weight excluding hydrogens is 286 g/mol. The maximum absolute atomic E-state index is 12.2. The van der Waals surface area contributed by atoms with Crippen LogP contribution in [0.5, 0.6) is 0 Å². The quantitative estimate of drug-likeness (QED) is 0.883. The topological polar surface area (TPSA) is 57.8 Å². The fraction of sp³-hybridized carbons (Fsp3) is 0.467. The van der Waals surface area contributed by atoms with Gasteiger partial charge in [0.2, 0.25) is 0 Å². The SMILES string of the molecule is CSCCC(O)C(=O)N(C)Cc1c(C)nc2ccccn12. The molecule has 2 aromatic heterocycles. The van der Waals surface area contributed by atoms with Gasteiger partial charge in [-0.1, -0.05) is 6.07 Å². The van der Waals surface area contributed by atoms with Crippen LogP contribution >= 0.6 is 11.8 Å². The molecule has 21 heavy (non-hydrogen) atoms. The largest absolute Gasteiger partial charge is 0.383 e. The number of aliphatic hydroxyl groups is 1. The summed E-state index contributed by atoms with van der Waals surface area (Å²) in [6.07, 6.45) is 3.45. The van der Waals surface area contributed by atoms with Crippen LogP contribution in [0.25, 0.3) is 5.65 Å². The maximum atomic E-state index is 12.2. The lowest BCUT2D eigenvalue weighted by Crippen LogP contribution is -2.36. The predicted molar refractivity (Wildman–Crippen MR) is 85.4 cm³/mol. The Hall–Kier alpha value is -1.53. The van der Waals surface area contributed by atoms with Crippen LogP contribution in [0.2, 0.25) is 0 Å². The van der Waals surface area contributed by atoms with E-state index in [1.54, 1.807) is 23.7 Å². The molecule has 1 unspecified atom stereocenters. The first-order chi connectivity index (χ1) is 10.0. The van der Waals surface area contributed by atoms with Crippen molar-refractivity contribution >= 4 is 23.3 Å². The number of carbonyl (C=O) groups excluding carboxylic acids is 1. The van der Waals surface area contributed by atoms with Crippen LogP contribution in [0.15, 0.2) is 24.4 Å². The van der Waals surface area contributed by atoms with Gasteiger partial charge in [0.15, 0.2) is 0 Å². The van der Waals surface area contributed by atoms with Crippen molar-refractivity contribution in [3.8, 4) is 0 Å². The van der Waals surface area contributed by atoms with Gasteiger partial charge in [-0.3, -0.25) is 4.79 Å². The van der Waals surface area contributed by atoms with Crippen LogP contribution in [-0.4, -0.2) is 50.5 Å². The number of likely N-dealkylation sites (N-methyl/N-ethyl adjacent to an activating group) is 1. The summed E-state index contributed by atoms with van der Waals surface area (Å²) in [6.45, 7) is 2.37. The summed E-state index contributed by atoms with van der Waals surface area (Å²) in [6, 6.07) is 5.81. The Morgan fingerprint density at radius 3 is 3.00 bits per heavy atom. The smallest absolute Gasteiger partial charge is 0.251 e. The van der Waals surface area contributed by atoms with Crippen molar-refractivity contribution in [1.29, 1.82) is 0 Å². The first-order valence-electron chi connectivity index (χ1n) is 6.89. The van der Waals surface area contributed by atoms with Crippen molar-refractivity contribution < 1.29 is 9.90 Å². The molecule has 0 radical (unpaired) electrons. The van der Waals surface area contributed by atoms with Crippen LogP contribution in [-0.2, 0) is 11.3 Å². The first-order valence-corrected chi connectivity index (χ1v) is 8.28. The van der Waals surface area contributed by atoms with Gasteiger partial charge in [-0.25, -0.2) is 4.98 Å². The number of fused-ring (bicyclic) bond motifs is 1. The average Bonchev–Trinajstić information content (AvgIpc) is 2.80. The van der Waals surface area contributed by atoms with Gasteiger partial charge in [0.1, 0.15) is 11.8 Å². The molecule has 5 nitrogen and oxygen atoms in total. The van der Waals surface area contributed by atoms with E-state index in [1.165, 1.54) is 0 Å². The zero-order valence-corrected chi connectivity index (χ0v) is 13.4. The Balaban J connectivity index is 2.12. The van der Waals surface area contributed by atoms with Gasteiger partial charge in [0.05, 0.1) is 17.9 Å². The minimum Gasteiger partial charge on any atom is -0.383 e. The van der Waals surface area contributed by atoms with Crippen LogP contribution in [0.4, 0.5) is 0 Å². The number of aliphatic hydroxyl groups excluding tert-OH is 1. The highest BCUT2D eigenvalue weighted by Gasteiger charge is 2.21. The van der Waals surface area contributed by atoms with Gasteiger partial charge in [-0.05, 0) is 37.5 Å². The number of pyridine rings is 1. The number of aryl methyl sites for hydroxylation is 1. The molecule has 6 heteroatoms. The molecule has 0 aliphatic carbocycles. The third kappa shape index (κ3) is 3.57. The highest BCUT2D eigenvalue weighted by atomic mass is 32.2. The van der Waals surface area contributed by atoms with E-state index < -0.39 is 6.10 Å². The third-order valence-corrected chi connectivity index (χ3v) is 4.12. The minimum absolute atomic E-state index is 0.241. The molecule has 2 rings (SSSR count). The van der Waals surface area contributed by atoms with E-state index in [0.717, 1.165) is 22.8 Å². The summed E-state index contributed by atoms with van der Waals surface area (Å²) in [5.74, 6) is 0.532. The number of hydrogen-bond acceptors (Lipinski definition) is 4. The van der Waals surface area contributed by atoms with Crippen LogP contribution in [0.3, 0.4) is 0 Å². The monoisotopic (exact) mass is 307 g/mol. The Morgan fingerprint density at radius 2 is 2.29 bits per heavy atom. The highest BCUT2D eigenvalue weighted by Crippen LogP contribution is 2.14. The van der Waals surface area contributed by atoms with E-state index in [2.05, 4.69) is 4.98 Å². The molecule has 0 spiro atoms. The van der Waals surface area contributed by atoms with Gasteiger partial charge in [0, 0.05) is 13.2 Å². The molecule has 0 aliphatic heterocycles. The lowest BCUT2D eigenvalue weighted by molar-refractivity contribution is -0.139. The van der Waals surface area contributed by atoms with E-state index >= 15 is 0 Å². The van der Waals surface area contributed by atoms with Crippen LogP contribution in [0.1, 0.15) is 17.8 Å². The average molecular weight is 307 g/mol. The molecule has 0 aliphatic rings.